The van der Waals surface area contributed by atoms with Crippen LogP contribution in [-0.4, -0.2) is 57.1 Å². The van der Waals surface area contributed by atoms with E-state index in [0.29, 0.717) is 0 Å². The molecule has 0 heterocycles. The molecule has 0 aromatic carbocycles. The molecule has 0 N–H and O–H groups in total. The SMILES string of the molecule is C=CC(=O)O[Si](O[Si](C)(C)O[Si](C)(C)O[Si](C)(C)O[Si](C)(C)O[Si](C)(C)CCCC)(C(C)CC)C(C)CC. The maximum absolute atomic E-state index is 12.5. The zero-order chi connectivity index (χ0) is 30.2. The zero-order valence-electron chi connectivity index (χ0n) is 27.3. The van der Waals surface area contributed by atoms with Crippen molar-refractivity contribution < 1.29 is 29.8 Å². The second-order valence-electron chi connectivity index (χ2n) is 12.9. The topological polar surface area (TPSA) is 72.5 Å². The maximum Gasteiger partial charge on any atom is 0.398 e. The van der Waals surface area contributed by atoms with Crippen molar-refractivity contribution in [2.24, 2.45) is 0 Å². The summed E-state index contributed by atoms with van der Waals surface area (Å²) in [6.07, 6.45) is 5.31. The summed E-state index contributed by atoms with van der Waals surface area (Å²) in [5, 5.41) is 0. The van der Waals surface area contributed by atoms with Gasteiger partial charge in [0.2, 0.25) is 0 Å². The van der Waals surface area contributed by atoms with E-state index in [4.69, 9.17) is 25.0 Å². The first-order valence-corrected chi connectivity index (χ1v) is 30.7. The van der Waals surface area contributed by atoms with Gasteiger partial charge in [-0.25, -0.2) is 4.79 Å². The van der Waals surface area contributed by atoms with Gasteiger partial charge in [0.1, 0.15) is 0 Å². The molecule has 0 aromatic heterocycles. The Morgan fingerprint density at radius 3 is 1.39 bits per heavy atom. The number of carbonyl (C=O) groups is 1. The van der Waals surface area contributed by atoms with Crippen LogP contribution in [0.15, 0.2) is 12.7 Å². The Balaban J connectivity index is 5.82. The fourth-order valence-corrected chi connectivity index (χ4v) is 36.3. The number of rotatable bonds is 19. The Morgan fingerprint density at radius 1 is 0.684 bits per heavy atom. The molecule has 0 aliphatic heterocycles. The summed E-state index contributed by atoms with van der Waals surface area (Å²) in [6.45, 7) is 35.5. The molecular formula is C25H60O7Si6. The second-order valence-corrected chi connectivity index (χ2v) is 35.9. The molecule has 0 rings (SSSR count). The van der Waals surface area contributed by atoms with Crippen LogP contribution in [0.3, 0.4) is 0 Å². The van der Waals surface area contributed by atoms with Crippen molar-refractivity contribution in [1.29, 1.82) is 0 Å². The molecule has 0 saturated carbocycles. The van der Waals surface area contributed by atoms with E-state index < -0.39 is 57.1 Å². The van der Waals surface area contributed by atoms with Crippen molar-refractivity contribution in [3.8, 4) is 0 Å². The fraction of sp³-hybridized carbons (Fsp3) is 0.880. The van der Waals surface area contributed by atoms with Crippen LogP contribution in [-0.2, 0) is 29.8 Å². The van der Waals surface area contributed by atoms with Crippen molar-refractivity contribution in [2.75, 3.05) is 0 Å². The van der Waals surface area contributed by atoms with E-state index >= 15 is 0 Å². The summed E-state index contributed by atoms with van der Waals surface area (Å²) >= 11 is 0. The maximum atomic E-state index is 12.5. The summed E-state index contributed by atoms with van der Waals surface area (Å²) in [5.41, 5.74) is 0.224. The van der Waals surface area contributed by atoms with Crippen molar-refractivity contribution in [1.82, 2.24) is 0 Å². The van der Waals surface area contributed by atoms with Crippen LogP contribution >= 0.6 is 0 Å². The molecule has 0 aliphatic carbocycles. The number of hydrogen-bond donors (Lipinski definition) is 0. The Hall–Kier alpha value is 0.311. The van der Waals surface area contributed by atoms with Gasteiger partial charge in [-0.1, -0.05) is 66.9 Å². The number of hydrogen-bond acceptors (Lipinski definition) is 7. The normalized spacial score (nSPS) is 17.0. The van der Waals surface area contributed by atoms with Crippen LogP contribution in [0.1, 0.15) is 60.3 Å². The molecule has 0 saturated heterocycles. The molecule has 226 valence electrons. The van der Waals surface area contributed by atoms with Crippen LogP contribution in [0.25, 0.3) is 0 Å². The first-order valence-electron chi connectivity index (χ1n) is 14.4. The summed E-state index contributed by atoms with van der Waals surface area (Å²) in [4.78, 5) is 12.5. The minimum atomic E-state index is -3.00. The largest absolute Gasteiger partial charge is 0.491 e. The molecule has 38 heavy (non-hydrogen) atoms. The predicted molar refractivity (Wildman–Crippen MR) is 174 cm³/mol. The van der Waals surface area contributed by atoms with Gasteiger partial charge in [-0.05, 0) is 71.5 Å². The Labute approximate surface area is 241 Å². The molecule has 0 aromatic rings. The molecule has 13 heteroatoms. The molecule has 0 fully saturated rings. The lowest BCUT2D eigenvalue weighted by molar-refractivity contribution is -0.131. The zero-order valence-corrected chi connectivity index (χ0v) is 33.3. The van der Waals surface area contributed by atoms with Crippen molar-refractivity contribution in [3.63, 3.8) is 0 Å². The van der Waals surface area contributed by atoms with Crippen molar-refractivity contribution >= 4 is 57.1 Å². The van der Waals surface area contributed by atoms with E-state index in [1.54, 1.807) is 0 Å². The standard InChI is InChI=1S/C25H60O7Si6/c1-17-21-22-33(7,8)28-34(9,10)29-35(11,12)30-36(13,14)31-37(15,16)32-38(23(5)18-2,24(6)19-3)27-25(26)20-4/h20,23-24H,4,17-19,21-22H2,1-3,5-16H3. The third-order valence-electron chi connectivity index (χ3n) is 6.56. The molecule has 0 radical (unpaired) electrons. The lowest BCUT2D eigenvalue weighted by Crippen LogP contribution is -2.62. The highest BCUT2D eigenvalue weighted by atomic mass is 28.5. The van der Waals surface area contributed by atoms with E-state index in [1.807, 2.05) is 13.1 Å². The average Bonchev–Trinajstić information content (AvgIpc) is 2.71. The first-order chi connectivity index (χ1) is 17.0. The Kier molecular flexibility index (Phi) is 15.1. The minimum absolute atomic E-state index is 0.112. The van der Waals surface area contributed by atoms with E-state index in [0.717, 1.165) is 18.9 Å². The number of unbranched alkanes of at least 4 members (excludes halogenated alkanes) is 1. The molecule has 0 aliphatic rings. The monoisotopic (exact) mass is 640 g/mol. The van der Waals surface area contributed by atoms with Crippen LogP contribution in [0.2, 0.25) is 82.6 Å². The smallest absolute Gasteiger partial charge is 0.398 e. The lowest BCUT2D eigenvalue weighted by Gasteiger charge is -2.46. The van der Waals surface area contributed by atoms with Gasteiger partial charge < -0.3 is 25.0 Å². The van der Waals surface area contributed by atoms with E-state index in [1.165, 1.54) is 18.9 Å². The highest BCUT2D eigenvalue weighted by molar-refractivity contribution is 6.91. The molecule has 0 amide bonds. The summed E-state index contributed by atoms with van der Waals surface area (Å²) in [6, 6.07) is 1.14. The molecule has 2 atom stereocenters. The summed E-state index contributed by atoms with van der Waals surface area (Å²) in [7, 11) is -15.2. The van der Waals surface area contributed by atoms with E-state index in [-0.39, 0.29) is 11.1 Å². The molecular weight excluding hydrogens is 581 g/mol. The van der Waals surface area contributed by atoms with E-state index in [2.05, 4.69) is 93.6 Å². The molecule has 7 nitrogen and oxygen atoms in total. The summed E-state index contributed by atoms with van der Waals surface area (Å²) < 4.78 is 40.0. The van der Waals surface area contributed by atoms with Gasteiger partial charge in [0.25, 0.3) is 0 Å². The highest BCUT2D eigenvalue weighted by Gasteiger charge is 2.56. The number of carbonyl (C=O) groups excluding carboxylic acids is 1. The van der Waals surface area contributed by atoms with Gasteiger partial charge in [-0.2, -0.15) is 0 Å². The quantitative estimate of drug-likeness (QED) is 0.103. The van der Waals surface area contributed by atoms with Gasteiger partial charge in [0, 0.05) is 17.2 Å². The summed E-state index contributed by atoms with van der Waals surface area (Å²) in [5.74, 6) is -0.422. The molecule has 0 bridgehead atoms. The van der Waals surface area contributed by atoms with Crippen LogP contribution < -0.4 is 0 Å². The highest BCUT2D eigenvalue weighted by Crippen LogP contribution is 2.42. The minimum Gasteiger partial charge on any atom is -0.491 e. The average molecular weight is 641 g/mol. The molecule has 0 spiro atoms. The molecule has 2 unspecified atom stereocenters. The van der Waals surface area contributed by atoms with Crippen molar-refractivity contribution in [3.05, 3.63) is 12.7 Å². The van der Waals surface area contributed by atoms with Crippen LogP contribution in [0.4, 0.5) is 0 Å². The lowest BCUT2D eigenvalue weighted by atomic mass is 10.4. The third kappa shape index (κ3) is 13.3. The van der Waals surface area contributed by atoms with Crippen LogP contribution in [0, 0.1) is 0 Å². The van der Waals surface area contributed by atoms with Crippen LogP contribution in [0.5, 0.6) is 0 Å². The van der Waals surface area contributed by atoms with Gasteiger partial charge >= 0.3 is 48.8 Å². The van der Waals surface area contributed by atoms with Gasteiger partial charge in [0.15, 0.2) is 8.32 Å². The van der Waals surface area contributed by atoms with Gasteiger partial charge in [-0.15, -0.1) is 0 Å². The van der Waals surface area contributed by atoms with E-state index in [9.17, 15) is 4.79 Å². The van der Waals surface area contributed by atoms with Gasteiger partial charge in [-0.3, -0.25) is 0 Å². The third-order valence-corrected chi connectivity index (χ3v) is 31.4. The second kappa shape index (κ2) is 15.0. The Bertz CT molecular complexity index is 748. The first kappa shape index (κ1) is 38.3. The Morgan fingerprint density at radius 2 is 1.05 bits per heavy atom. The van der Waals surface area contributed by atoms with Gasteiger partial charge in [0.05, 0.1) is 0 Å². The van der Waals surface area contributed by atoms with Crippen molar-refractivity contribution in [2.45, 2.75) is 143 Å². The fourth-order valence-electron chi connectivity index (χ4n) is 5.24. The predicted octanol–water partition coefficient (Wildman–Crippen LogP) is 8.65.